The highest BCUT2D eigenvalue weighted by atomic mass is 15.3. The van der Waals surface area contributed by atoms with E-state index in [-0.39, 0.29) is 0 Å². The first-order valence-electron chi connectivity index (χ1n) is 7.17. The number of rotatable bonds is 2. The molecular formula is C16H24N2. The van der Waals surface area contributed by atoms with Crippen molar-refractivity contribution in [3.63, 3.8) is 0 Å². The van der Waals surface area contributed by atoms with Gasteiger partial charge < -0.3 is 10.2 Å². The summed E-state index contributed by atoms with van der Waals surface area (Å²) in [5.41, 5.74) is 3.03. The molecule has 2 unspecified atom stereocenters. The van der Waals surface area contributed by atoms with E-state index in [0.29, 0.717) is 11.6 Å². The Labute approximate surface area is 110 Å². The Morgan fingerprint density at radius 1 is 1.22 bits per heavy atom. The van der Waals surface area contributed by atoms with Crippen molar-refractivity contribution in [2.45, 2.75) is 45.2 Å². The van der Waals surface area contributed by atoms with Crippen molar-refractivity contribution in [2.75, 3.05) is 18.0 Å². The van der Waals surface area contributed by atoms with Crippen molar-refractivity contribution in [3.8, 4) is 0 Å². The van der Waals surface area contributed by atoms with Crippen LogP contribution < -0.4 is 10.2 Å². The summed E-state index contributed by atoms with van der Waals surface area (Å²) < 4.78 is 0. The van der Waals surface area contributed by atoms with Crippen LogP contribution in [0.1, 0.15) is 32.3 Å². The first-order valence-corrected chi connectivity index (χ1v) is 7.17. The van der Waals surface area contributed by atoms with Gasteiger partial charge in [0, 0.05) is 30.4 Å². The van der Waals surface area contributed by atoms with E-state index in [1.54, 1.807) is 0 Å². The van der Waals surface area contributed by atoms with Gasteiger partial charge in [-0.05, 0) is 51.7 Å². The zero-order valence-electron chi connectivity index (χ0n) is 11.7. The molecule has 0 aromatic heterocycles. The monoisotopic (exact) mass is 244 g/mol. The third-order valence-electron chi connectivity index (χ3n) is 4.68. The van der Waals surface area contributed by atoms with E-state index in [0.717, 1.165) is 19.0 Å². The number of anilines is 1. The minimum absolute atomic E-state index is 0.317. The Morgan fingerprint density at radius 3 is 2.50 bits per heavy atom. The maximum atomic E-state index is 3.78. The molecule has 1 aromatic carbocycles. The molecule has 3 rings (SSSR count). The average Bonchev–Trinajstić information content (AvgIpc) is 3.18. The topological polar surface area (TPSA) is 15.3 Å². The molecule has 1 saturated heterocycles. The summed E-state index contributed by atoms with van der Waals surface area (Å²) >= 11 is 0. The van der Waals surface area contributed by atoms with Crippen molar-refractivity contribution in [2.24, 2.45) is 5.92 Å². The molecular weight excluding hydrogens is 220 g/mol. The lowest BCUT2D eigenvalue weighted by Gasteiger charge is -2.47. The highest BCUT2D eigenvalue weighted by Gasteiger charge is 2.45. The fourth-order valence-electron chi connectivity index (χ4n) is 3.13. The van der Waals surface area contributed by atoms with Crippen LogP contribution in [0.3, 0.4) is 0 Å². The highest BCUT2D eigenvalue weighted by molar-refractivity contribution is 5.49. The zero-order chi connectivity index (χ0) is 12.8. The van der Waals surface area contributed by atoms with Crippen LogP contribution in [0.2, 0.25) is 0 Å². The number of hydrogen-bond acceptors (Lipinski definition) is 2. The van der Waals surface area contributed by atoms with Crippen molar-refractivity contribution in [3.05, 3.63) is 29.8 Å². The molecule has 0 spiro atoms. The average molecular weight is 244 g/mol. The van der Waals surface area contributed by atoms with Gasteiger partial charge in [0.25, 0.3) is 0 Å². The first kappa shape index (κ1) is 12.0. The first-order chi connectivity index (χ1) is 8.58. The summed E-state index contributed by atoms with van der Waals surface area (Å²) in [5, 5.41) is 3.78. The van der Waals surface area contributed by atoms with Crippen molar-refractivity contribution < 1.29 is 0 Å². The predicted octanol–water partition coefficient (Wildman–Crippen LogP) is 2.96. The van der Waals surface area contributed by atoms with Gasteiger partial charge in [0.05, 0.1) is 0 Å². The van der Waals surface area contributed by atoms with Crippen LogP contribution in [0.25, 0.3) is 0 Å². The van der Waals surface area contributed by atoms with Gasteiger partial charge in [-0.15, -0.1) is 0 Å². The van der Waals surface area contributed by atoms with Gasteiger partial charge >= 0.3 is 0 Å². The highest BCUT2D eigenvalue weighted by Crippen LogP contribution is 2.42. The quantitative estimate of drug-likeness (QED) is 0.860. The molecule has 2 fully saturated rings. The number of piperazine rings is 1. The SMILES string of the molecule is Cc1ccc(N2CC(C)(C3CC3)NCC2C)cc1. The predicted molar refractivity (Wildman–Crippen MR) is 77.1 cm³/mol. The van der Waals surface area contributed by atoms with Gasteiger partial charge in [-0.25, -0.2) is 0 Å². The van der Waals surface area contributed by atoms with Gasteiger partial charge in [-0.3, -0.25) is 0 Å². The molecule has 2 nitrogen and oxygen atoms in total. The van der Waals surface area contributed by atoms with Crippen LogP contribution in [0.15, 0.2) is 24.3 Å². The van der Waals surface area contributed by atoms with Crippen LogP contribution >= 0.6 is 0 Å². The number of benzene rings is 1. The van der Waals surface area contributed by atoms with Gasteiger partial charge in [0.2, 0.25) is 0 Å². The molecule has 1 aliphatic carbocycles. The Hall–Kier alpha value is -1.02. The van der Waals surface area contributed by atoms with Crippen LogP contribution in [0, 0.1) is 12.8 Å². The molecule has 1 N–H and O–H groups in total. The van der Waals surface area contributed by atoms with Crippen molar-refractivity contribution >= 4 is 5.69 Å². The zero-order valence-corrected chi connectivity index (χ0v) is 11.7. The molecule has 1 aliphatic heterocycles. The molecule has 0 amide bonds. The molecule has 1 heterocycles. The second-order valence-electron chi connectivity index (χ2n) is 6.39. The maximum absolute atomic E-state index is 3.78. The summed E-state index contributed by atoms with van der Waals surface area (Å²) in [7, 11) is 0. The minimum atomic E-state index is 0.317. The molecule has 2 atom stereocenters. The lowest BCUT2D eigenvalue weighted by molar-refractivity contribution is 0.261. The summed E-state index contributed by atoms with van der Waals surface area (Å²) in [6, 6.07) is 9.56. The Bertz CT molecular complexity index is 421. The van der Waals surface area contributed by atoms with Crippen molar-refractivity contribution in [1.29, 1.82) is 0 Å². The normalized spacial score (nSPS) is 32.6. The van der Waals surface area contributed by atoms with Crippen molar-refractivity contribution in [1.82, 2.24) is 5.32 Å². The summed E-state index contributed by atoms with van der Waals surface area (Å²) in [4.78, 5) is 2.58. The van der Waals surface area contributed by atoms with E-state index >= 15 is 0 Å². The number of aryl methyl sites for hydroxylation is 1. The molecule has 1 aromatic rings. The second-order valence-corrected chi connectivity index (χ2v) is 6.39. The van der Waals surface area contributed by atoms with Gasteiger partial charge in [0.15, 0.2) is 0 Å². The molecule has 1 saturated carbocycles. The van der Waals surface area contributed by atoms with E-state index < -0.39 is 0 Å². The largest absolute Gasteiger partial charge is 0.366 e. The Kier molecular flexibility index (Phi) is 2.86. The number of nitrogens with one attached hydrogen (secondary N) is 1. The van der Waals surface area contributed by atoms with E-state index in [1.165, 1.54) is 24.1 Å². The van der Waals surface area contributed by atoms with E-state index in [1.807, 2.05) is 0 Å². The fourth-order valence-corrected chi connectivity index (χ4v) is 3.13. The van der Waals surface area contributed by atoms with E-state index in [9.17, 15) is 0 Å². The molecule has 98 valence electrons. The van der Waals surface area contributed by atoms with Crippen LogP contribution in [0.4, 0.5) is 5.69 Å². The molecule has 0 bridgehead atoms. The summed E-state index contributed by atoms with van der Waals surface area (Å²) in [6.07, 6.45) is 2.80. The van der Waals surface area contributed by atoms with Gasteiger partial charge in [0.1, 0.15) is 0 Å². The molecule has 2 heteroatoms. The van der Waals surface area contributed by atoms with Crippen LogP contribution in [0.5, 0.6) is 0 Å². The standard InChI is InChI=1S/C16H24N2/c1-12-4-8-15(9-5-12)18-11-16(3,14-6-7-14)17-10-13(18)2/h4-5,8-9,13-14,17H,6-7,10-11H2,1-3H3. The van der Waals surface area contributed by atoms with Gasteiger partial charge in [-0.2, -0.15) is 0 Å². The van der Waals surface area contributed by atoms with Crippen LogP contribution in [-0.2, 0) is 0 Å². The molecule has 18 heavy (non-hydrogen) atoms. The maximum Gasteiger partial charge on any atom is 0.0387 e. The fraction of sp³-hybridized carbons (Fsp3) is 0.625. The Morgan fingerprint density at radius 2 is 1.89 bits per heavy atom. The van der Waals surface area contributed by atoms with Gasteiger partial charge in [-0.1, -0.05) is 17.7 Å². The smallest absolute Gasteiger partial charge is 0.0387 e. The molecule has 0 radical (unpaired) electrons. The second kappa shape index (κ2) is 4.27. The Balaban J connectivity index is 1.82. The number of nitrogens with zero attached hydrogens (tertiary/aromatic N) is 1. The minimum Gasteiger partial charge on any atom is -0.366 e. The van der Waals surface area contributed by atoms with E-state index in [2.05, 4.69) is 55.3 Å². The third-order valence-corrected chi connectivity index (χ3v) is 4.68. The number of hydrogen-bond donors (Lipinski definition) is 1. The van der Waals surface area contributed by atoms with E-state index in [4.69, 9.17) is 0 Å². The summed E-state index contributed by atoms with van der Waals surface area (Å²) in [5.74, 6) is 0.887. The summed E-state index contributed by atoms with van der Waals surface area (Å²) in [6.45, 7) is 9.11. The lowest BCUT2D eigenvalue weighted by atomic mass is 9.91. The third kappa shape index (κ3) is 2.14. The lowest BCUT2D eigenvalue weighted by Crippen LogP contribution is -2.63. The molecule has 2 aliphatic rings. The van der Waals surface area contributed by atoms with Crippen LogP contribution in [-0.4, -0.2) is 24.7 Å².